The van der Waals surface area contributed by atoms with Gasteiger partial charge in [0.05, 0.1) is 6.04 Å². The maximum absolute atomic E-state index is 13.2. The first-order valence-corrected chi connectivity index (χ1v) is 6.97. The Labute approximate surface area is 120 Å². The molecule has 0 saturated carbocycles. The van der Waals surface area contributed by atoms with Crippen molar-refractivity contribution >= 4 is 0 Å². The molecule has 0 bridgehead atoms. The van der Waals surface area contributed by atoms with Gasteiger partial charge < -0.3 is 9.84 Å². The molecule has 2 aromatic rings. The van der Waals surface area contributed by atoms with Crippen LogP contribution in [0.25, 0.3) is 0 Å². The van der Waals surface area contributed by atoms with Crippen molar-refractivity contribution in [2.75, 3.05) is 6.54 Å². The molecule has 112 valence electrons. The number of nitrogens with one attached hydrogen (secondary N) is 1. The van der Waals surface area contributed by atoms with E-state index in [-0.39, 0.29) is 17.6 Å². The van der Waals surface area contributed by atoms with E-state index >= 15 is 0 Å². The number of benzene rings is 1. The third-order valence-corrected chi connectivity index (χ3v) is 3.81. The fraction of sp³-hybridized carbons (Fsp3) is 0.400. The van der Waals surface area contributed by atoms with Crippen LogP contribution in [0.15, 0.2) is 39.8 Å². The zero-order valence-corrected chi connectivity index (χ0v) is 11.4. The molecule has 3 rings (SSSR count). The molecule has 0 unspecified atom stereocenters. The number of halogens is 2. The van der Waals surface area contributed by atoms with E-state index < -0.39 is 11.6 Å². The lowest BCUT2D eigenvalue weighted by Gasteiger charge is -2.29. The van der Waals surface area contributed by atoms with Gasteiger partial charge in [-0.3, -0.25) is 4.79 Å². The van der Waals surface area contributed by atoms with Crippen LogP contribution in [0.3, 0.4) is 0 Å². The van der Waals surface area contributed by atoms with Gasteiger partial charge in [-0.25, -0.2) is 8.78 Å². The van der Waals surface area contributed by atoms with Crippen molar-refractivity contribution in [1.29, 1.82) is 0 Å². The molecule has 4 nitrogen and oxygen atoms in total. The van der Waals surface area contributed by atoms with Crippen LogP contribution in [0, 0.1) is 11.6 Å². The number of rotatable bonds is 3. The highest BCUT2D eigenvalue weighted by Gasteiger charge is 2.25. The Balaban J connectivity index is 1.71. The smallest absolute Gasteiger partial charge is 0.282 e. The Hall–Kier alpha value is -1.95. The first kappa shape index (κ1) is 14.0. The highest BCUT2D eigenvalue weighted by Crippen LogP contribution is 2.23. The van der Waals surface area contributed by atoms with E-state index in [4.69, 9.17) is 4.52 Å². The van der Waals surface area contributed by atoms with E-state index in [1.54, 1.807) is 0 Å². The number of piperidine rings is 1. The fourth-order valence-corrected chi connectivity index (χ4v) is 2.91. The lowest BCUT2D eigenvalue weighted by molar-refractivity contribution is 0.161. The van der Waals surface area contributed by atoms with Gasteiger partial charge in [0.1, 0.15) is 17.9 Å². The summed E-state index contributed by atoms with van der Waals surface area (Å²) in [6, 6.07) is 4.97. The highest BCUT2D eigenvalue weighted by molar-refractivity contribution is 5.19. The predicted octanol–water partition coefficient (Wildman–Crippen LogP) is 2.26. The van der Waals surface area contributed by atoms with Crippen molar-refractivity contribution in [2.45, 2.75) is 31.3 Å². The maximum atomic E-state index is 13.2. The van der Waals surface area contributed by atoms with Crippen LogP contribution in [-0.2, 0) is 6.42 Å². The fourth-order valence-electron chi connectivity index (χ4n) is 2.91. The van der Waals surface area contributed by atoms with E-state index in [2.05, 4.69) is 5.32 Å². The summed E-state index contributed by atoms with van der Waals surface area (Å²) < 4.78 is 33.0. The van der Waals surface area contributed by atoms with Crippen LogP contribution >= 0.6 is 0 Å². The van der Waals surface area contributed by atoms with Gasteiger partial charge in [0.25, 0.3) is 5.56 Å². The quantitative estimate of drug-likeness (QED) is 0.944. The topological polar surface area (TPSA) is 47.2 Å². The third-order valence-electron chi connectivity index (χ3n) is 3.81. The number of hydrogen-bond donors (Lipinski definition) is 1. The van der Waals surface area contributed by atoms with Crippen molar-refractivity contribution < 1.29 is 13.3 Å². The molecule has 21 heavy (non-hydrogen) atoms. The van der Waals surface area contributed by atoms with Crippen LogP contribution in [0.2, 0.25) is 0 Å². The minimum Gasteiger partial charge on any atom is -0.384 e. The molecule has 1 N–H and O–H groups in total. The van der Waals surface area contributed by atoms with Gasteiger partial charge in [-0.15, -0.1) is 0 Å². The predicted molar refractivity (Wildman–Crippen MR) is 73.1 cm³/mol. The van der Waals surface area contributed by atoms with Gasteiger partial charge >= 0.3 is 0 Å². The largest absolute Gasteiger partial charge is 0.384 e. The van der Waals surface area contributed by atoms with Crippen molar-refractivity contribution in [3.8, 4) is 0 Å². The van der Waals surface area contributed by atoms with Gasteiger partial charge in [-0.05, 0) is 43.5 Å². The summed E-state index contributed by atoms with van der Waals surface area (Å²) in [6.07, 6.45) is 3.37. The standard InChI is InChI=1S/C15H16F2N2O2/c16-11-5-10(6-12(17)8-11)7-13-9-14(1-3-18-13)19-15(20)2-4-21-19/h2,4-6,8,13-14,18H,1,3,7,9H2/t13-,14-/m0/s1. The summed E-state index contributed by atoms with van der Waals surface area (Å²) in [5, 5.41) is 3.32. The maximum Gasteiger partial charge on any atom is 0.282 e. The number of nitrogens with zero attached hydrogens (tertiary/aromatic N) is 1. The summed E-state index contributed by atoms with van der Waals surface area (Å²) >= 11 is 0. The van der Waals surface area contributed by atoms with E-state index in [9.17, 15) is 13.6 Å². The van der Waals surface area contributed by atoms with E-state index in [0.717, 1.165) is 19.0 Å². The van der Waals surface area contributed by atoms with Gasteiger partial charge in [0, 0.05) is 18.2 Å². The molecule has 1 aromatic heterocycles. The summed E-state index contributed by atoms with van der Waals surface area (Å²) in [7, 11) is 0. The lowest BCUT2D eigenvalue weighted by atomic mass is 9.94. The first-order valence-electron chi connectivity index (χ1n) is 6.97. The molecule has 0 spiro atoms. The van der Waals surface area contributed by atoms with Crippen molar-refractivity contribution in [3.05, 3.63) is 58.1 Å². The molecule has 0 radical (unpaired) electrons. The Morgan fingerprint density at radius 1 is 1.29 bits per heavy atom. The molecular weight excluding hydrogens is 278 g/mol. The molecule has 1 aromatic carbocycles. The summed E-state index contributed by atoms with van der Waals surface area (Å²) in [5.41, 5.74) is 0.454. The van der Waals surface area contributed by atoms with Crippen LogP contribution in [0.1, 0.15) is 24.4 Å². The average Bonchev–Trinajstić information content (AvgIpc) is 2.84. The van der Waals surface area contributed by atoms with Crippen molar-refractivity contribution in [1.82, 2.24) is 10.1 Å². The number of hydrogen-bond acceptors (Lipinski definition) is 3. The highest BCUT2D eigenvalue weighted by atomic mass is 19.1. The first-order chi connectivity index (χ1) is 10.1. The molecule has 1 saturated heterocycles. The second kappa shape index (κ2) is 5.81. The molecule has 1 fully saturated rings. The lowest BCUT2D eigenvalue weighted by Crippen LogP contribution is -2.41. The van der Waals surface area contributed by atoms with Gasteiger partial charge in [-0.2, -0.15) is 4.74 Å². The van der Waals surface area contributed by atoms with Crippen LogP contribution < -0.4 is 10.9 Å². The second-order valence-corrected chi connectivity index (χ2v) is 5.38. The van der Waals surface area contributed by atoms with Crippen LogP contribution in [-0.4, -0.2) is 17.3 Å². The zero-order chi connectivity index (χ0) is 14.8. The second-order valence-electron chi connectivity index (χ2n) is 5.38. The monoisotopic (exact) mass is 294 g/mol. The van der Waals surface area contributed by atoms with Gasteiger partial charge in [-0.1, -0.05) is 0 Å². The molecular formula is C15H16F2N2O2. The Kier molecular flexibility index (Phi) is 3.88. The summed E-state index contributed by atoms with van der Waals surface area (Å²) in [4.78, 5) is 11.6. The van der Waals surface area contributed by atoms with Crippen molar-refractivity contribution in [3.63, 3.8) is 0 Å². The third kappa shape index (κ3) is 3.21. The minimum atomic E-state index is -0.570. The molecule has 0 aliphatic carbocycles. The molecule has 1 aliphatic rings. The SMILES string of the molecule is O=c1ccon1[C@H]1CCN[C@@H](Cc2cc(F)cc(F)c2)C1. The minimum absolute atomic E-state index is 0.0165. The van der Waals surface area contributed by atoms with E-state index in [1.807, 2.05) is 0 Å². The zero-order valence-electron chi connectivity index (χ0n) is 11.4. The van der Waals surface area contributed by atoms with Crippen LogP contribution in [0.4, 0.5) is 8.78 Å². The normalized spacial score (nSPS) is 22.4. The molecule has 2 atom stereocenters. The molecule has 2 heterocycles. The Morgan fingerprint density at radius 2 is 2.05 bits per heavy atom. The molecule has 1 aliphatic heterocycles. The summed E-state index contributed by atoms with van der Waals surface area (Å²) in [6.45, 7) is 0.736. The van der Waals surface area contributed by atoms with Gasteiger partial charge in [0.15, 0.2) is 0 Å². The Morgan fingerprint density at radius 3 is 2.71 bits per heavy atom. The van der Waals surface area contributed by atoms with E-state index in [1.165, 1.54) is 29.2 Å². The molecule has 6 heteroatoms. The van der Waals surface area contributed by atoms with Gasteiger partial charge in [0.2, 0.25) is 0 Å². The summed E-state index contributed by atoms with van der Waals surface area (Å²) in [5.74, 6) is -1.14. The Bertz CT molecular complexity index is 660. The van der Waals surface area contributed by atoms with E-state index in [0.29, 0.717) is 18.4 Å². The average molecular weight is 294 g/mol. The number of aromatic nitrogens is 1. The molecule has 0 amide bonds. The van der Waals surface area contributed by atoms with Crippen molar-refractivity contribution in [2.24, 2.45) is 0 Å². The van der Waals surface area contributed by atoms with Crippen LogP contribution in [0.5, 0.6) is 0 Å².